The fraction of sp³-hybridized carbons (Fsp3) is 0.318. The predicted octanol–water partition coefficient (Wildman–Crippen LogP) is 4.81. The van der Waals surface area contributed by atoms with Crippen molar-refractivity contribution in [1.29, 1.82) is 0 Å². The average Bonchev–Trinajstić information content (AvgIpc) is 2.71. The quantitative estimate of drug-likeness (QED) is 0.626. The third-order valence-electron chi connectivity index (χ3n) is 4.76. The SMILES string of the molecule is CCc1cc(-c2cc3cc(OC)c(OC)cc3c(C)n2)cc(OC)c1OC. The van der Waals surface area contributed by atoms with Crippen molar-refractivity contribution in [2.75, 3.05) is 28.4 Å². The molecule has 0 amide bonds. The summed E-state index contributed by atoms with van der Waals surface area (Å²) in [5, 5.41) is 2.08. The standard InChI is InChI=1S/C22H25NO4/c1-7-14-8-16(11-21(26-5)22(14)27-6)18-9-15-10-19(24-3)20(25-4)12-17(15)13(2)23-18/h8-12H,7H2,1-6H3. The summed E-state index contributed by atoms with van der Waals surface area (Å²) in [6, 6.07) is 10.1. The lowest BCUT2D eigenvalue weighted by Gasteiger charge is -2.15. The molecule has 0 bridgehead atoms. The number of nitrogens with zero attached hydrogens (tertiary/aromatic N) is 1. The zero-order valence-electron chi connectivity index (χ0n) is 16.7. The number of fused-ring (bicyclic) bond motifs is 1. The number of aromatic nitrogens is 1. The molecule has 0 radical (unpaired) electrons. The molecule has 1 heterocycles. The predicted molar refractivity (Wildman–Crippen MR) is 108 cm³/mol. The highest BCUT2D eigenvalue weighted by molar-refractivity contribution is 5.91. The monoisotopic (exact) mass is 367 g/mol. The highest BCUT2D eigenvalue weighted by Crippen LogP contribution is 2.38. The summed E-state index contributed by atoms with van der Waals surface area (Å²) in [5.74, 6) is 2.87. The second-order valence-corrected chi connectivity index (χ2v) is 6.25. The van der Waals surface area contributed by atoms with Crippen LogP contribution in [-0.2, 0) is 6.42 Å². The van der Waals surface area contributed by atoms with Crippen molar-refractivity contribution < 1.29 is 18.9 Å². The Kier molecular flexibility index (Phi) is 5.40. The van der Waals surface area contributed by atoms with Gasteiger partial charge in [-0.1, -0.05) is 6.92 Å². The van der Waals surface area contributed by atoms with E-state index in [0.717, 1.165) is 45.5 Å². The van der Waals surface area contributed by atoms with Crippen LogP contribution in [0.15, 0.2) is 30.3 Å². The van der Waals surface area contributed by atoms with Gasteiger partial charge >= 0.3 is 0 Å². The summed E-state index contributed by atoms with van der Waals surface area (Å²) in [7, 11) is 6.59. The van der Waals surface area contributed by atoms with Crippen LogP contribution >= 0.6 is 0 Å². The molecule has 2 aromatic carbocycles. The van der Waals surface area contributed by atoms with Gasteiger partial charge in [0.2, 0.25) is 0 Å². The molecular formula is C22H25NO4. The number of methoxy groups -OCH3 is 4. The third kappa shape index (κ3) is 3.37. The molecule has 0 aliphatic rings. The lowest BCUT2D eigenvalue weighted by Crippen LogP contribution is -1.98. The largest absolute Gasteiger partial charge is 0.493 e. The van der Waals surface area contributed by atoms with Crippen LogP contribution in [0.2, 0.25) is 0 Å². The van der Waals surface area contributed by atoms with Gasteiger partial charge in [-0.2, -0.15) is 0 Å². The molecule has 0 aliphatic carbocycles. The molecule has 3 rings (SSSR count). The van der Waals surface area contributed by atoms with Crippen LogP contribution in [0, 0.1) is 6.92 Å². The Balaban J connectivity index is 2.23. The van der Waals surface area contributed by atoms with Crippen molar-refractivity contribution in [1.82, 2.24) is 4.98 Å². The molecule has 0 N–H and O–H groups in total. The molecule has 0 spiro atoms. The molecule has 142 valence electrons. The van der Waals surface area contributed by atoms with Crippen molar-refractivity contribution in [3.05, 3.63) is 41.6 Å². The summed E-state index contributed by atoms with van der Waals surface area (Å²) in [6.07, 6.45) is 0.838. The first-order valence-corrected chi connectivity index (χ1v) is 8.84. The molecule has 0 unspecified atom stereocenters. The minimum atomic E-state index is 0.696. The van der Waals surface area contributed by atoms with Crippen LogP contribution < -0.4 is 18.9 Å². The summed E-state index contributed by atoms with van der Waals surface area (Å²) in [4.78, 5) is 4.82. The smallest absolute Gasteiger partial charge is 0.163 e. The summed E-state index contributed by atoms with van der Waals surface area (Å²) in [6.45, 7) is 4.09. The minimum absolute atomic E-state index is 0.696. The topological polar surface area (TPSA) is 49.8 Å². The Morgan fingerprint density at radius 3 is 2.04 bits per heavy atom. The van der Waals surface area contributed by atoms with E-state index >= 15 is 0 Å². The zero-order valence-corrected chi connectivity index (χ0v) is 16.7. The van der Waals surface area contributed by atoms with Gasteiger partial charge in [-0.05, 0) is 54.6 Å². The number of hydrogen-bond donors (Lipinski definition) is 0. The van der Waals surface area contributed by atoms with E-state index in [0.29, 0.717) is 17.2 Å². The molecule has 27 heavy (non-hydrogen) atoms. The highest BCUT2D eigenvalue weighted by Gasteiger charge is 2.15. The third-order valence-corrected chi connectivity index (χ3v) is 4.76. The first kappa shape index (κ1) is 18.8. The Bertz CT molecular complexity index is 957. The van der Waals surface area contributed by atoms with Crippen LogP contribution in [0.1, 0.15) is 18.2 Å². The fourth-order valence-electron chi connectivity index (χ4n) is 3.35. The minimum Gasteiger partial charge on any atom is -0.493 e. The van der Waals surface area contributed by atoms with Gasteiger partial charge in [-0.3, -0.25) is 4.98 Å². The van der Waals surface area contributed by atoms with Gasteiger partial charge in [0.25, 0.3) is 0 Å². The molecule has 0 fully saturated rings. The summed E-state index contributed by atoms with van der Waals surface area (Å²) >= 11 is 0. The second kappa shape index (κ2) is 7.74. The molecule has 0 atom stereocenters. The summed E-state index contributed by atoms with van der Waals surface area (Å²) < 4.78 is 21.9. The van der Waals surface area contributed by atoms with Crippen molar-refractivity contribution in [3.8, 4) is 34.3 Å². The lowest BCUT2D eigenvalue weighted by atomic mass is 10.0. The molecule has 1 aromatic heterocycles. The molecule has 5 nitrogen and oxygen atoms in total. The van der Waals surface area contributed by atoms with E-state index < -0.39 is 0 Å². The van der Waals surface area contributed by atoms with E-state index in [1.807, 2.05) is 25.1 Å². The van der Waals surface area contributed by atoms with Gasteiger partial charge in [0.05, 0.1) is 34.1 Å². The first-order chi connectivity index (χ1) is 13.1. The van der Waals surface area contributed by atoms with Gasteiger partial charge in [-0.25, -0.2) is 0 Å². The lowest BCUT2D eigenvalue weighted by molar-refractivity contribution is 0.352. The summed E-state index contributed by atoms with van der Waals surface area (Å²) in [5.41, 5.74) is 3.88. The number of aryl methyl sites for hydroxylation is 2. The van der Waals surface area contributed by atoms with E-state index in [9.17, 15) is 0 Å². The van der Waals surface area contributed by atoms with Crippen molar-refractivity contribution in [2.45, 2.75) is 20.3 Å². The molecule has 3 aromatic rings. The number of pyridine rings is 1. The Morgan fingerprint density at radius 2 is 1.44 bits per heavy atom. The Hall–Kier alpha value is -2.95. The maximum atomic E-state index is 5.54. The van der Waals surface area contributed by atoms with E-state index in [1.54, 1.807) is 28.4 Å². The highest BCUT2D eigenvalue weighted by atomic mass is 16.5. The van der Waals surface area contributed by atoms with E-state index in [1.165, 1.54) is 0 Å². The van der Waals surface area contributed by atoms with Crippen LogP contribution in [0.5, 0.6) is 23.0 Å². The van der Waals surface area contributed by atoms with Gasteiger partial charge in [0, 0.05) is 16.6 Å². The first-order valence-electron chi connectivity index (χ1n) is 8.84. The van der Waals surface area contributed by atoms with Crippen LogP contribution in [0.3, 0.4) is 0 Å². The number of ether oxygens (including phenoxy) is 4. The molecule has 0 saturated carbocycles. The van der Waals surface area contributed by atoms with Crippen molar-refractivity contribution >= 4 is 10.8 Å². The average molecular weight is 367 g/mol. The Labute approximate surface area is 159 Å². The second-order valence-electron chi connectivity index (χ2n) is 6.25. The van der Waals surface area contributed by atoms with Gasteiger partial charge in [0.15, 0.2) is 23.0 Å². The van der Waals surface area contributed by atoms with Gasteiger partial charge < -0.3 is 18.9 Å². The zero-order chi connectivity index (χ0) is 19.6. The molecular weight excluding hydrogens is 342 g/mol. The van der Waals surface area contributed by atoms with E-state index in [4.69, 9.17) is 23.9 Å². The van der Waals surface area contributed by atoms with Gasteiger partial charge in [-0.15, -0.1) is 0 Å². The number of hydrogen-bond acceptors (Lipinski definition) is 5. The Morgan fingerprint density at radius 1 is 0.778 bits per heavy atom. The fourth-order valence-corrected chi connectivity index (χ4v) is 3.35. The van der Waals surface area contributed by atoms with Crippen LogP contribution in [0.25, 0.3) is 22.0 Å². The van der Waals surface area contributed by atoms with Crippen LogP contribution in [-0.4, -0.2) is 33.4 Å². The van der Waals surface area contributed by atoms with Crippen molar-refractivity contribution in [2.24, 2.45) is 0 Å². The van der Waals surface area contributed by atoms with E-state index in [-0.39, 0.29) is 0 Å². The molecule has 5 heteroatoms. The van der Waals surface area contributed by atoms with Crippen LogP contribution in [0.4, 0.5) is 0 Å². The van der Waals surface area contributed by atoms with Gasteiger partial charge in [0.1, 0.15) is 0 Å². The maximum absolute atomic E-state index is 5.54. The maximum Gasteiger partial charge on any atom is 0.163 e. The number of benzene rings is 2. The molecule has 0 saturated heterocycles. The van der Waals surface area contributed by atoms with Crippen molar-refractivity contribution in [3.63, 3.8) is 0 Å². The number of rotatable bonds is 6. The molecule has 0 aliphatic heterocycles. The van der Waals surface area contributed by atoms with E-state index in [2.05, 4.69) is 19.1 Å². The normalized spacial score (nSPS) is 10.7.